The first-order valence-electron chi connectivity index (χ1n) is 12.5. The van der Waals surface area contributed by atoms with Gasteiger partial charge in [0.15, 0.2) is 11.5 Å². The molecule has 1 saturated heterocycles. The molecule has 0 bridgehead atoms. The first-order chi connectivity index (χ1) is 18.2. The number of fused-ring (bicyclic) bond motifs is 1. The average Bonchev–Trinajstić information content (AvgIpc) is 2.92. The van der Waals surface area contributed by atoms with Crippen molar-refractivity contribution in [1.29, 1.82) is 0 Å². The zero-order valence-corrected chi connectivity index (χ0v) is 22.2. The van der Waals surface area contributed by atoms with Crippen LogP contribution in [0, 0.1) is 0 Å². The van der Waals surface area contributed by atoms with E-state index in [2.05, 4.69) is 27.0 Å². The molecule has 11 nitrogen and oxygen atoms in total. The van der Waals surface area contributed by atoms with Crippen LogP contribution < -0.4 is 25.8 Å². The first kappa shape index (κ1) is 26.9. The Hall–Kier alpha value is -4.12. The molecule has 3 aromatic rings. The number of aliphatic carboxylic acids is 1. The number of likely N-dealkylation sites (N-methyl/N-ethyl adjacent to an activating group) is 1. The minimum atomic E-state index is -1.22. The topological polar surface area (TPSA) is 152 Å². The summed E-state index contributed by atoms with van der Waals surface area (Å²) >= 11 is 0. The smallest absolute Gasteiger partial charge is 0.371 e. The Kier molecular flexibility index (Phi) is 7.86. The Bertz CT molecular complexity index is 1330. The van der Waals surface area contributed by atoms with Gasteiger partial charge in [-0.15, -0.1) is 0 Å². The standard InChI is InChI=1S/C27H35N7O4/c1-5-34-12-11-27(17-9-7-6-8-10-17,15-22(34)31-24(29)25(35)36)16-33(2)26-30-19-14-21(38-4)20(37-3)13-18(19)23(28)32-26/h6-10,13-14,22H,5,11-12,15-16H2,1-4H3,(H2,29,31)(H,35,36)(H2,28,30,32). The maximum Gasteiger partial charge on any atom is 0.371 e. The number of benzene rings is 2. The van der Waals surface area contributed by atoms with Crippen LogP contribution in [-0.4, -0.2) is 78.8 Å². The van der Waals surface area contributed by atoms with E-state index in [-0.39, 0.29) is 17.4 Å². The number of carboxylic acid groups (broad SMARTS) is 1. The van der Waals surface area contributed by atoms with Crippen molar-refractivity contribution >= 4 is 34.5 Å². The molecule has 1 aromatic heterocycles. The maximum absolute atomic E-state index is 11.5. The van der Waals surface area contributed by atoms with Crippen molar-refractivity contribution in [3.05, 3.63) is 48.0 Å². The number of hydrogen-bond acceptors (Lipinski definition) is 9. The SMILES string of the molecule is CCN1CCC(CN(C)c2nc(N)c3cc(OC)c(OC)cc3n2)(c2ccccc2)CC1/N=C(\N)C(=O)O. The molecule has 2 unspecified atom stereocenters. The van der Waals surface area contributed by atoms with Crippen molar-refractivity contribution in [1.82, 2.24) is 14.9 Å². The van der Waals surface area contributed by atoms with Crippen LogP contribution in [0.1, 0.15) is 25.3 Å². The summed E-state index contributed by atoms with van der Waals surface area (Å²) in [7, 11) is 5.07. The highest BCUT2D eigenvalue weighted by Crippen LogP contribution is 2.40. The van der Waals surface area contributed by atoms with Crippen LogP contribution in [0.5, 0.6) is 11.5 Å². The van der Waals surface area contributed by atoms with E-state index in [1.54, 1.807) is 26.4 Å². The lowest BCUT2D eigenvalue weighted by atomic mass is 9.71. The van der Waals surface area contributed by atoms with Crippen molar-refractivity contribution in [2.45, 2.75) is 31.3 Å². The van der Waals surface area contributed by atoms with Gasteiger partial charge in [-0.2, -0.15) is 4.98 Å². The zero-order valence-electron chi connectivity index (χ0n) is 22.2. The van der Waals surface area contributed by atoms with Crippen molar-refractivity contribution in [2.24, 2.45) is 10.7 Å². The number of rotatable bonds is 8. The molecular formula is C27H35N7O4. The van der Waals surface area contributed by atoms with Crippen LogP contribution in [0.25, 0.3) is 10.9 Å². The third-order valence-corrected chi connectivity index (χ3v) is 7.27. The van der Waals surface area contributed by atoms with E-state index in [9.17, 15) is 9.90 Å². The highest BCUT2D eigenvalue weighted by molar-refractivity contribution is 6.33. The number of nitrogen functional groups attached to an aromatic ring is 1. The predicted octanol–water partition coefficient (Wildman–Crippen LogP) is 2.49. The maximum atomic E-state index is 11.5. The zero-order chi connectivity index (χ0) is 27.4. The number of aliphatic imine (C=N–C) groups is 1. The average molecular weight is 522 g/mol. The first-order valence-corrected chi connectivity index (χ1v) is 12.5. The second kappa shape index (κ2) is 11.1. The summed E-state index contributed by atoms with van der Waals surface area (Å²) in [6.07, 6.45) is 1.04. The van der Waals surface area contributed by atoms with Crippen LogP contribution in [-0.2, 0) is 10.2 Å². The molecule has 1 aliphatic heterocycles. The van der Waals surface area contributed by atoms with Gasteiger partial charge in [-0.05, 0) is 31.0 Å². The summed E-state index contributed by atoms with van der Waals surface area (Å²) in [5.74, 6) is 0.303. The molecule has 2 aromatic carbocycles. The quantitative estimate of drug-likeness (QED) is 0.298. The van der Waals surface area contributed by atoms with E-state index in [0.717, 1.165) is 25.1 Å². The minimum absolute atomic E-state index is 0.337. The summed E-state index contributed by atoms with van der Waals surface area (Å²) in [5.41, 5.74) is 13.5. The van der Waals surface area contributed by atoms with Crippen LogP contribution in [0.3, 0.4) is 0 Å². The molecule has 5 N–H and O–H groups in total. The van der Waals surface area contributed by atoms with Crippen LogP contribution >= 0.6 is 0 Å². The molecule has 0 radical (unpaired) electrons. The number of methoxy groups -OCH3 is 2. The van der Waals surface area contributed by atoms with Crippen LogP contribution in [0.4, 0.5) is 11.8 Å². The highest BCUT2D eigenvalue weighted by Gasteiger charge is 2.42. The second-order valence-corrected chi connectivity index (χ2v) is 9.52. The number of nitrogens with two attached hydrogens (primary N) is 2. The largest absolute Gasteiger partial charge is 0.493 e. The normalized spacial score (nSPS) is 20.3. The Morgan fingerprint density at radius 1 is 1.21 bits per heavy atom. The molecule has 38 heavy (non-hydrogen) atoms. The molecule has 0 saturated carbocycles. The fourth-order valence-electron chi connectivity index (χ4n) is 5.25. The van der Waals surface area contributed by atoms with Gasteiger partial charge in [-0.1, -0.05) is 37.3 Å². The Morgan fingerprint density at radius 2 is 1.89 bits per heavy atom. The highest BCUT2D eigenvalue weighted by atomic mass is 16.5. The molecular weight excluding hydrogens is 486 g/mol. The molecule has 4 rings (SSSR count). The number of nitrogens with zero attached hydrogens (tertiary/aromatic N) is 5. The van der Waals surface area contributed by atoms with E-state index in [4.69, 9.17) is 25.9 Å². The Balaban J connectivity index is 1.74. The fourth-order valence-corrected chi connectivity index (χ4v) is 5.25. The van der Waals surface area contributed by atoms with Crippen LogP contribution in [0.15, 0.2) is 47.5 Å². The number of anilines is 2. The van der Waals surface area contributed by atoms with Gasteiger partial charge in [0.1, 0.15) is 12.0 Å². The summed E-state index contributed by atoms with van der Waals surface area (Å²) in [5, 5.41) is 10.0. The van der Waals surface area contributed by atoms with Gasteiger partial charge in [-0.3, -0.25) is 4.90 Å². The number of likely N-dealkylation sites (tertiary alicyclic amines) is 1. The number of piperidine rings is 1. The lowest BCUT2D eigenvalue weighted by molar-refractivity contribution is -0.129. The van der Waals surface area contributed by atoms with E-state index in [1.165, 1.54) is 0 Å². The van der Waals surface area contributed by atoms with Crippen molar-refractivity contribution in [2.75, 3.05) is 51.5 Å². The van der Waals surface area contributed by atoms with Gasteiger partial charge in [0.05, 0.1) is 19.7 Å². The second-order valence-electron chi connectivity index (χ2n) is 9.52. The number of carbonyl (C=O) groups is 1. The number of carboxylic acids is 1. The minimum Gasteiger partial charge on any atom is -0.493 e. The molecule has 1 fully saturated rings. The van der Waals surface area contributed by atoms with Gasteiger partial charge in [0, 0.05) is 37.0 Å². The van der Waals surface area contributed by atoms with Gasteiger partial charge < -0.3 is 30.9 Å². The summed E-state index contributed by atoms with van der Waals surface area (Å²) in [6.45, 7) is 4.07. The van der Waals surface area contributed by atoms with Crippen molar-refractivity contribution in [3.8, 4) is 11.5 Å². The molecule has 1 aliphatic rings. The fraction of sp³-hybridized carbons (Fsp3) is 0.407. The number of amidine groups is 1. The van der Waals surface area contributed by atoms with E-state index >= 15 is 0 Å². The summed E-state index contributed by atoms with van der Waals surface area (Å²) in [4.78, 5) is 29.4. The summed E-state index contributed by atoms with van der Waals surface area (Å²) in [6, 6.07) is 13.8. The molecule has 2 atom stereocenters. The van der Waals surface area contributed by atoms with Crippen molar-refractivity contribution < 1.29 is 19.4 Å². The molecule has 11 heteroatoms. The summed E-state index contributed by atoms with van der Waals surface area (Å²) < 4.78 is 10.9. The third kappa shape index (κ3) is 5.28. The number of hydrogen-bond donors (Lipinski definition) is 3. The van der Waals surface area contributed by atoms with E-state index in [0.29, 0.717) is 47.1 Å². The molecule has 202 valence electrons. The lowest BCUT2D eigenvalue weighted by Crippen LogP contribution is -2.53. The van der Waals surface area contributed by atoms with Crippen molar-refractivity contribution in [3.63, 3.8) is 0 Å². The molecule has 0 aliphatic carbocycles. The molecule has 0 spiro atoms. The van der Waals surface area contributed by atoms with Gasteiger partial charge in [-0.25, -0.2) is 14.8 Å². The Morgan fingerprint density at radius 3 is 2.53 bits per heavy atom. The van der Waals surface area contributed by atoms with Gasteiger partial charge in [0.2, 0.25) is 11.8 Å². The van der Waals surface area contributed by atoms with E-state index < -0.39 is 5.97 Å². The lowest BCUT2D eigenvalue weighted by Gasteiger charge is -2.47. The third-order valence-electron chi connectivity index (χ3n) is 7.27. The van der Waals surface area contributed by atoms with Gasteiger partial charge >= 0.3 is 5.97 Å². The molecule has 2 heterocycles. The van der Waals surface area contributed by atoms with E-state index in [1.807, 2.05) is 37.1 Å². The van der Waals surface area contributed by atoms with Crippen LogP contribution in [0.2, 0.25) is 0 Å². The number of ether oxygens (including phenoxy) is 2. The number of aromatic nitrogens is 2. The molecule has 0 amide bonds. The monoisotopic (exact) mass is 521 g/mol. The van der Waals surface area contributed by atoms with Gasteiger partial charge in [0.25, 0.3) is 0 Å². The predicted molar refractivity (Wildman–Crippen MR) is 148 cm³/mol. The Labute approximate surface area is 222 Å².